The average molecular weight is 262 g/mol. The Bertz CT molecular complexity index is 421. The molecule has 0 fully saturated rings. The van der Waals surface area contributed by atoms with E-state index in [1.807, 2.05) is 12.1 Å². The van der Waals surface area contributed by atoms with Crippen LogP contribution in [0, 0.1) is 5.41 Å². The van der Waals surface area contributed by atoms with Gasteiger partial charge in [0.2, 0.25) is 0 Å². The molecule has 0 heterocycles. The molecule has 1 aromatic rings. The van der Waals surface area contributed by atoms with E-state index < -0.39 is 0 Å². The van der Waals surface area contributed by atoms with Crippen molar-refractivity contribution < 1.29 is 5.11 Å². The molecule has 2 N–H and O–H groups in total. The smallest absolute Gasteiger partial charge is 0.115 e. The quantitative estimate of drug-likeness (QED) is 0.629. The topological polar surface area (TPSA) is 47.3 Å². The summed E-state index contributed by atoms with van der Waals surface area (Å²) in [5.41, 5.74) is 0.861. The van der Waals surface area contributed by atoms with Crippen molar-refractivity contribution in [1.82, 2.24) is 4.90 Å². The van der Waals surface area contributed by atoms with E-state index in [1.54, 1.807) is 12.1 Å². The van der Waals surface area contributed by atoms with Gasteiger partial charge in [0.1, 0.15) is 11.6 Å². The second kappa shape index (κ2) is 5.24. The molecular formula is C16H26N2O. The maximum Gasteiger partial charge on any atom is 0.115 e. The van der Waals surface area contributed by atoms with Gasteiger partial charge >= 0.3 is 0 Å². The summed E-state index contributed by atoms with van der Waals surface area (Å²) < 4.78 is 0. The second-order valence-electron chi connectivity index (χ2n) is 6.97. The summed E-state index contributed by atoms with van der Waals surface area (Å²) in [6.07, 6.45) is 0.578. The summed E-state index contributed by atoms with van der Waals surface area (Å²) in [7, 11) is 0. The molecule has 0 bridgehead atoms. The number of rotatable bonds is 2. The van der Waals surface area contributed by atoms with Crippen molar-refractivity contribution in [1.29, 1.82) is 5.41 Å². The van der Waals surface area contributed by atoms with E-state index in [0.29, 0.717) is 12.3 Å². The lowest BCUT2D eigenvalue weighted by atomic mass is 9.94. The summed E-state index contributed by atoms with van der Waals surface area (Å²) in [6, 6.07) is 7.07. The molecule has 0 atom stereocenters. The summed E-state index contributed by atoms with van der Waals surface area (Å²) in [6.45, 7) is 12.8. The fourth-order valence-corrected chi connectivity index (χ4v) is 2.70. The molecule has 0 saturated heterocycles. The SMILES string of the molecule is CC(C)(C)N(C(=N)Cc1ccc(O)cc1)C(C)(C)C. The van der Waals surface area contributed by atoms with Crippen molar-refractivity contribution in [3.8, 4) is 5.75 Å². The van der Waals surface area contributed by atoms with Crippen LogP contribution in [0.15, 0.2) is 24.3 Å². The number of benzene rings is 1. The van der Waals surface area contributed by atoms with E-state index in [1.165, 1.54) is 0 Å². The monoisotopic (exact) mass is 262 g/mol. The predicted molar refractivity (Wildman–Crippen MR) is 80.9 cm³/mol. The lowest BCUT2D eigenvalue weighted by molar-refractivity contribution is 0.120. The number of phenolic OH excluding ortho intramolecular Hbond substituents is 1. The van der Waals surface area contributed by atoms with Crippen LogP contribution >= 0.6 is 0 Å². The molecule has 0 radical (unpaired) electrons. The maximum atomic E-state index is 9.29. The first-order valence-corrected chi connectivity index (χ1v) is 6.67. The Kier molecular flexibility index (Phi) is 4.28. The van der Waals surface area contributed by atoms with Crippen LogP contribution in [0.25, 0.3) is 0 Å². The Hall–Kier alpha value is -1.51. The Morgan fingerprint density at radius 3 is 1.79 bits per heavy atom. The van der Waals surface area contributed by atoms with Crippen LogP contribution in [0.3, 0.4) is 0 Å². The highest BCUT2D eigenvalue weighted by Gasteiger charge is 2.33. The molecule has 0 aliphatic rings. The Balaban J connectivity index is 2.93. The van der Waals surface area contributed by atoms with Crippen LogP contribution < -0.4 is 0 Å². The van der Waals surface area contributed by atoms with E-state index in [-0.39, 0.29) is 16.8 Å². The largest absolute Gasteiger partial charge is 0.508 e. The van der Waals surface area contributed by atoms with Crippen LogP contribution in [0.2, 0.25) is 0 Å². The van der Waals surface area contributed by atoms with Gasteiger partial charge in [0.15, 0.2) is 0 Å². The second-order valence-corrected chi connectivity index (χ2v) is 6.97. The minimum atomic E-state index is -0.0910. The maximum absolute atomic E-state index is 9.29. The van der Waals surface area contributed by atoms with Crippen LogP contribution in [-0.4, -0.2) is 26.9 Å². The molecule has 0 saturated carbocycles. The molecule has 0 amide bonds. The van der Waals surface area contributed by atoms with Gasteiger partial charge in [-0.2, -0.15) is 0 Å². The number of hydrogen-bond donors (Lipinski definition) is 2. The highest BCUT2D eigenvalue weighted by atomic mass is 16.3. The molecular weight excluding hydrogens is 236 g/mol. The van der Waals surface area contributed by atoms with Crippen molar-refractivity contribution in [2.24, 2.45) is 0 Å². The molecule has 0 aliphatic carbocycles. The van der Waals surface area contributed by atoms with Gasteiger partial charge in [-0.3, -0.25) is 5.41 Å². The summed E-state index contributed by atoms with van der Waals surface area (Å²) >= 11 is 0. The minimum Gasteiger partial charge on any atom is -0.508 e. The van der Waals surface area contributed by atoms with E-state index >= 15 is 0 Å². The van der Waals surface area contributed by atoms with Crippen LogP contribution in [0.1, 0.15) is 47.1 Å². The molecule has 3 heteroatoms. The zero-order valence-corrected chi connectivity index (χ0v) is 12.9. The van der Waals surface area contributed by atoms with Crippen molar-refractivity contribution in [2.45, 2.75) is 59.0 Å². The zero-order chi connectivity index (χ0) is 14.8. The van der Waals surface area contributed by atoms with Crippen LogP contribution in [-0.2, 0) is 6.42 Å². The fraction of sp³-hybridized carbons (Fsp3) is 0.562. The lowest BCUT2D eigenvalue weighted by Crippen LogP contribution is -2.55. The van der Waals surface area contributed by atoms with Crippen LogP contribution in [0.5, 0.6) is 5.75 Å². The Morgan fingerprint density at radius 2 is 1.42 bits per heavy atom. The molecule has 19 heavy (non-hydrogen) atoms. The molecule has 1 rings (SSSR count). The Morgan fingerprint density at radius 1 is 1.00 bits per heavy atom. The van der Waals surface area contributed by atoms with Crippen molar-refractivity contribution >= 4 is 5.84 Å². The minimum absolute atomic E-state index is 0.0910. The molecule has 0 unspecified atom stereocenters. The normalized spacial score (nSPS) is 12.3. The van der Waals surface area contributed by atoms with Gasteiger partial charge in [0.05, 0.1) is 0 Å². The third-order valence-corrected chi connectivity index (χ3v) is 2.92. The standard InChI is InChI=1S/C16H26N2O/c1-15(2,3)18(16(4,5)6)14(17)11-12-7-9-13(19)10-8-12/h7-10,17,19H,11H2,1-6H3. The highest BCUT2D eigenvalue weighted by Crippen LogP contribution is 2.26. The number of aromatic hydroxyl groups is 1. The molecule has 3 nitrogen and oxygen atoms in total. The van der Waals surface area contributed by atoms with Crippen molar-refractivity contribution in [3.05, 3.63) is 29.8 Å². The summed E-state index contributed by atoms with van der Waals surface area (Å²) in [5, 5.41) is 17.7. The third-order valence-electron chi connectivity index (χ3n) is 2.92. The molecule has 106 valence electrons. The lowest BCUT2D eigenvalue weighted by Gasteiger charge is -2.47. The number of hydrogen-bond acceptors (Lipinski definition) is 2. The van der Waals surface area contributed by atoms with Gasteiger partial charge in [0, 0.05) is 17.5 Å². The highest BCUT2D eigenvalue weighted by molar-refractivity contribution is 5.83. The molecule has 1 aromatic carbocycles. The fourth-order valence-electron chi connectivity index (χ4n) is 2.70. The van der Waals surface area contributed by atoms with Gasteiger partial charge in [-0.05, 0) is 59.2 Å². The number of nitrogens with zero attached hydrogens (tertiary/aromatic N) is 1. The summed E-state index contributed by atoms with van der Waals surface area (Å²) in [4.78, 5) is 2.15. The third kappa shape index (κ3) is 4.27. The van der Waals surface area contributed by atoms with E-state index in [4.69, 9.17) is 5.41 Å². The van der Waals surface area contributed by atoms with Gasteiger partial charge in [-0.1, -0.05) is 12.1 Å². The van der Waals surface area contributed by atoms with Gasteiger partial charge in [0.25, 0.3) is 0 Å². The molecule has 0 aromatic heterocycles. The first-order chi connectivity index (χ1) is 8.51. The van der Waals surface area contributed by atoms with Gasteiger partial charge in [-0.25, -0.2) is 0 Å². The molecule has 0 aliphatic heterocycles. The van der Waals surface area contributed by atoms with E-state index in [9.17, 15) is 5.11 Å². The Labute approximate surface area is 116 Å². The zero-order valence-electron chi connectivity index (χ0n) is 12.9. The predicted octanol–water partition coefficient (Wildman–Crippen LogP) is 3.81. The van der Waals surface area contributed by atoms with Crippen molar-refractivity contribution in [2.75, 3.05) is 0 Å². The van der Waals surface area contributed by atoms with Gasteiger partial charge in [-0.15, -0.1) is 0 Å². The number of phenols is 1. The first kappa shape index (κ1) is 15.5. The van der Waals surface area contributed by atoms with Gasteiger partial charge < -0.3 is 10.0 Å². The average Bonchev–Trinajstić information content (AvgIpc) is 2.16. The van der Waals surface area contributed by atoms with Crippen molar-refractivity contribution in [3.63, 3.8) is 0 Å². The summed E-state index contributed by atoms with van der Waals surface area (Å²) in [5.74, 6) is 0.865. The van der Waals surface area contributed by atoms with E-state index in [0.717, 1.165) is 5.56 Å². The first-order valence-electron chi connectivity index (χ1n) is 6.67. The molecule has 0 spiro atoms. The van der Waals surface area contributed by atoms with E-state index in [2.05, 4.69) is 46.4 Å². The van der Waals surface area contributed by atoms with Crippen LogP contribution in [0.4, 0.5) is 0 Å². The number of amidine groups is 1. The number of nitrogens with one attached hydrogen (secondary N) is 1.